The number of thioether (sulfide) groups is 1. The Bertz CT molecular complexity index is 1030. The number of rotatable bonds is 9. The zero-order valence-electron chi connectivity index (χ0n) is 17.8. The van der Waals surface area contributed by atoms with E-state index in [1.807, 2.05) is 0 Å². The van der Waals surface area contributed by atoms with Gasteiger partial charge in [-0.05, 0) is 38.0 Å². The van der Waals surface area contributed by atoms with Crippen LogP contribution in [0.4, 0.5) is 5.69 Å². The number of ether oxygens (including phenoxy) is 2. The van der Waals surface area contributed by atoms with E-state index in [0.717, 1.165) is 29.5 Å². The van der Waals surface area contributed by atoms with E-state index in [1.54, 1.807) is 43.8 Å². The fourth-order valence-corrected chi connectivity index (χ4v) is 4.60. The molecule has 0 aliphatic rings. The predicted octanol–water partition coefficient (Wildman–Crippen LogP) is 4.78. The minimum Gasteiger partial charge on any atom is -0.497 e. The fourth-order valence-electron chi connectivity index (χ4n) is 2.97. The van der Waals surface area contributed by atoms with Crippen molar-refractivity contribution in [2.75, 3.05) is 25.3 Å². The van der Waals surface area contributed by atoms with Gasteiger partial charge < -0.3 is 19.4 Å². The summed E-state index contributed by atoms with van der Waals surface area (Å²) in [6.45, 7) is 7.13. The third-order valence-electron chi connectivity index (χ3n) is 4.71. The molecular weight excluding hydrogens is 420 g/mol. The van der Waals surface area contributed by atoms with Gasteiger partial charge in [0.2, 0.25) is 5.91 Å². The number of thiophene rings is 1. The van der Waals surface area contributed by atoms with E-state index in [9.17, 15) is 4.79 Å². The number of hydrogen-bond acceptors (Lipinski definition) is 7. The lowest BCUT2D eigenvalue weighted by Gasteiger charge is -2.12. The molecule has 30 heavy (non-hydrogen) atoms. The van der Waals surface area contributed by atoms with E-state index in [4.69, 9.17) is 9.47 Å². The molecule has 3 rings (SSSR count). The maximum absolute atomic E-state index is 12.5. The second-order valence-corrected chi connectivity index (χ2v) is 8.72. The molecule has 0 fully saturated rings. The highest BCUT2D eigenvalue weighted by molar-refractivity contribution is 7.99. The number of benzene rings is 1. The predicted molar refractivity (Wildman–Crippen MR) is 122 cm³/mol. The molecule has 0 atom stereocenters. The van der Waals surface area contributed by atoms with Gasteiger partial charge in [-0.2, -0.15) is 0 Å². The van der Waals surface area contributed by atoms with Crippen LogP contribution in [0.1, 0.15) is 23.8 Å². The second kappa shape index (κ2) is 9.99. The first-order valence-corrected chi connectivity index (χ1v) is 11.5. The van der Waals surface area contributed by atoms with Gasteiger partial charge in [-0.1, -0.05) is 18.7 Å². The molecule has 160 valence electrons. The van der Waals surface area contributed by atoms with Crippen molar-refractivity contribution in [1.82, 2.24) is 14.8 Å². The first-order valence-electron chi connectivity index (χ1n) is 9.61. The molecule has 1 N–H and O–H groups in total. The van der Waals surface area contributed by atoms with Gasteiger partial charge in [-0.25, -0.2) is 0 Å². The van der Waals surface area contributed by atoms with Gasteiger partial charge in [0.1, 0.15) is 11.5 Å². The van der Waals surface area contributed by atoms with Gasteiger partial charge in [0.25, 0.3) is 0 Å². The standard InChI is InChI=1S/C21H26N4O3S2/c1-6-9-25-20(16-11-29-14(3)13(16)2)23-24-21(25)30-12-19(26)22-17-8-7-15(27-4)10-18(17)28-5/h7-8,10-11H,6,9,12H2,1-5H3,(H,22,26). The first-order chi connectivity index (χ1) is 14.5. The SMILES string of the molecule is CCCn1c(SCC(=O)Nc2ccc(OC)cc2OC)nnc1-c1csc(C)c1C. The number of methoxy groups -OCH3 is 2. The highest BCUT2D eigenvalue weighted by Crippen LogP contribution is 2.32. The van der Waals surface area contributed by atoms with E-state index >= 15 is 0 Å². The summed E-state index contributed by atoms with van der Waals surface area (Å²) in [6, 6.07) is 5.28. The summed E-state index contributed by atoms with van der Waals surface area (Å²) in [6.07, 6.45) is 0.954. The molecule has 0 bridgehead atoms. The smallest absolute Gasteiger partial charge is 0.234 e. The van der Waals surface area contributed by atoms with Crippen molar-refractivity contribution in [3.05, 3.63) is 34.0 Å². The first kappa shape index (κ1) is 22.2. The maximum atomic E-state index is 12.5. The largest absolute Gasteiger partial charge is 0.497 e. The molecule has 0 aliphatic carbocycles. The van der Waals surface area contributed by atoms with Crippen LogP contribution in [0.15, 0.2) is 28.7 Å². The van der Waals surface area contributed by atoms with Crippen molar-refractivity contribution in [1.29, 1.82) is 0 Å². The molecule has 7 nitrogen and oxygen atoms in total. The number of nitrogens with one attached hydrogen (secondary N) is 1. The topological polar surface area (TPSA) is 78.3 Å². The summed E-state index contributed by atoms with van der Waals surface area (Å²) >= 11 is 3.09. The number of carbonyl (C=O) groups is 1. The van der Waals surface area contributed by atoms with Gasteiger partial charge in [-0.15, -0.1) is 21.5 Å². The number of amides is 1. The maximum Gasteiger partial charge on any atom is 0.234 e. The summed E-state index contributed by atoms with van der Waals surface area (Å²) in [4.78, 5) is 13.8. The van der Waals surface area contributed by atoms with Crippen LogP contribution in [-0.4, -0.2) is 40.6 Å². The molecule has 1 amide bonds. The van der Waals surface area contributed by atoms with Crippen LogP contribution < -0.4 is 14.8 Å². The average Bonchev–Trinajstić information content (AvgIpc) is 3.29. The zero-order valence-corrected chi connectivity index (χ0v) is 19.4. The van der Waals surface area contributed by atoms with Crippen LogP contribution >= 0.6 is 23.1 Å². The Labute approximate surface area is 184 Å². The number of aromatic nitrogens is 3. The Morgan fingerprint density at radius 3 is 2.67 bits per heavy atom. The van der Waals surface area contributed by atoms with Crippen LogP contribution in [0.3, 0.4) is 0 Å². The Morgan fingerprint density at radius 2 is 2.03 bits per heavy atom. The van der Waals surface area contributed by atoms with Crippen LogP contribution in [0.25, 0.3) is 11.4 Å². The summed E-state index contributed by atoms with van der Waals surface area (Å²) in [7, 11) is 3.14. The lowest BCUT2D eigenvalue weighted by atomic mass is 10.1. The van der Waals surface area contributed by atoms with E-state index in [-0.39, 0.29) is 11.7 Å². The van der Waals surface area contributed by atoms with Crippen LogP contribution in [0.5, 0.6) is 11.5 Å². The van der Waals surface area contributed by atoms with Crippen molar-refractivity contribution in [2.45, 2.75) is 38.9 Å². The second-order valence-electron chi connectivity index (χ2n) is 6.69. The summed E-state index contributed by atoms with van der Waals surface area (Å²) in [5.74, 6) is 2.15. The number of aryl methyl sites for hydroxylation is 1. The molecular formula is C21H26N4O3S2. The molecule has 0 saturated heterocycles. The number of carbonyl (C=O) groups excluding carboxylic acids is 1. The average molecular weight is 447 g/mol. The third-order valence-corrected chi connectivity index (χ3v) is 6.69. The minimum absolute atomic E-state index is 0.140. The fraction of sp³-hybridized carbons (Fsp3) is 0.381. The highest BCUT2D eigenvalue weighted by Gasteiger charge is 2.18. The van der Waals surface area contributed by atoms with Crippen molar-refractivity contribution >= 4 is 34.7 Å². The quantitative estimate of drug-likeness (QED) is 0.477. The van der Waals surface area contributed by atoms with E-state index in [1.165, 1.54) is 22.2 Å². The van der Waals surface area contributed by atoms with E-state index in [2.05, 4.69) is 46.2 Å². The molecule has 2 heterocycles. The van der Waals surface area contributed by atoms with Gasteiger partial charge in [-0.3, -0.25) is 4.79 Å². The molecule has 0 unspecified atom stereocenters. The summed E-state index contributed by atoms with van der Waals surface area (Å²) in [5.41, 5.74) is 2.94. The molecule has 0 saturated carbocycles. The van der Waals surface area contributed by atoms with Gasteiger partial charge >= 0.3 is 0 Å². The number of nitrogens with zero attached hydrogens (tertiary/aromatic N) is 3. The lowest BCUT2D eigenvalue weighted by Crippen LogP contribution is -2.15. The van der Waals surface area contributed by atoms with E-state index < -0.39 is 0 Å². The molecule has 9 heteroatoms. The highest BCUT2D eigenvalue weighted by atomic mass is 32.2. The Hall–Kier alpha value is -2.52. The number of hydrogen-bond donors (Lipinski definition) is 1. The van der Waals surface area contributed by atoms with Gasteiger partial charge in [0.05, 0.1) is 25.7 Å². The third kappa shape index (κ3) is 4.79. The van der Waals surface area contributed by atoms with Crippen molar-refractivity contribution < 1.29 is 14.3 Å². The van der Waals surface area contributed by atoms with Crippen molar-refractivity contribution in [3.63, 3.8) is 0 Å². The zero-order chi connectivity index (χ0) is 21.7. The molecule has 1 aromatic carbocycles. The van der Waals surface area contributed by atoms with Crippen molar-refractivity contribution in [3.8, 4) is 22.9 Å². The van der Waals surface area contributed by atoms with E-state index in [0.29, 0.717) is 17.2 Å². The molecule has 0 radical (unpaired) electrons. The Balaban J connectivity index is 1.73. The number of anilines is 1. The Morgan fingerprint density at radius 1 is 1.23 bits per heavy atom. The van der Waals surface area contributed by atoms with Crippen LogP contribution in [-0.2, 0) is 11.3 Å². The van der Waals surface area contributed by atoms with Crippen LogP contribution in [0, 0.1) is 13.8 Å². The monoisotopic (exact) mass is 446 g/mol. The molecule has 0 spiro atoms. The normalized spacial score (nSPS) is 10.8. The van der Waals surface area contributed by atoms with Crippen LogP contribution in [0.2, 0.25) is 0 Å². The molecule has 2 aromatic heterocycles. The minimum atomic E-state index is -0.140. The van der Waals surface area contributed by atoms with Crippen molar-refractivity contribution in [2.24, 2.45) is 0 Å². The molecule has 3 aromatic rings. The lowest BCUT2D eigenvalue weighted by molar-refractivity contribution is -0.113. The Kier molecular flexibility index (Phi) is 7.38. The summed E-state index contributed by atoms with van der Waals surface area (Å²) < 4.78 is 12.6. The van der Waals surface area contributed by atoms with Gasteiger partial charge in [0, 0.05) is 28.4 Å². The summed E-state index contributed by atoms with van der Waals surface area (Å²) in [5, 5.41) is 14.5. The molecule has 0 aliphatic heterocycles. The van der Waals surface area contributed by atoms with Gasteiger partial charge in [0.15, 0.2) is 11.0 Å².